The van der Waals surface area contributed by atoms with Gasteiger partial charge in [-0.05, 0) is 40.0 Å². The minimum absolute atomic E-state index is 0.307. The predicted molar refractivity (Wildman–Crippen MR) is 71.3 cm³/mol. The van der Waals surface area contributed by atoms with Crippen LogP contribution >= 0.6 is 0 Å². The largest absolute Gasteiger partial charge is 0.374 e. The molecule has 0 radical (unpaired) electrons. The van der Waals surface area contributed by atoms with Gasteiger partial charge in [0.15, 0.2) is 0 Å². The summed E-state index contributed by atoms with van der Waals surface area (Å²) in [5, 5.41) is 3.60. The molecule has 0 aromatic heterocycles. The maximum Gasteiger partial charge on any atom is 0.0706 e. The van der Waals surface area contributed by atoms with Crippen molar-refractivity contribution in [2.75, 3.05) is 19.6 Å². The van der Waals surface area contributed by atoms with Crippen LogP contribution in [0, 0.1) is 0 Å². The summed E-state index contributed by atoms with van der Waals surface area (Å²) in [6, 6.07) is 0.605. The lowest BCUT2D eigenvalue weighted by Crippen LogP contribution is -2.63. The highest BCUT2D eigenvalue weighted by molar-refractivity contribution is 4.95. The molecular formula is C14H28N2O. The van der Waals surface area contributed by atoms with E-state index in [0.717, 1.165) is 19.6 Å². The Bertz CT molecular complexity index is 259. The van der Waals surface area contributed by atoms with Gasteiger partial charge in [-0.25, -0.2) is 0 Å². The number of piperazine rings is 1. The summed E-state index contributed by atoms with van der Waals surface area (Å²) in [6.07, 6.45) is 4.60. The average Bonchev–Trinajstić information content (AvgIpc) is 2.70. The fourth-order valence-corrected chi connectivity index (χ4v) is 3.03. The van der Waals surface area contributed by atoms with Crippen LogP contribution < -0.4 is 5.32 Å². The third-order valence-electron chi connectivity index (χ3n) is 4.59. The van der Waals surface area contributed by atoms with E-state index in [1.165, 1.54) is 19.3 Å². The first-order valence-corrected chi connectivity index (χ1v) is 7.17. The molecule has 2 aliphatic heterocycles. The van der Waals surface area contributed by atoms with E-state index in [1.807, 2.05) is 0 Å². The lowest BCUT2D eigenvalue weighted by atomic mass is 9.92. The van der Waals surface area contributed by atoms with E-state index < -0.39 is 0 Å². The average molecular weight is 240 g/mol. The molecule has 3 nitrogen and oxygen atoms in total. The van der Waals surface area contributed by atoms with Crippen molar-refractivity contribution in [3.05, 3.63) is 0 Å². The van der Waals surface area contributed by atoms with E-state index >= 15 is 0 Å². The topological polar surface area (TPSA) is 24.5 Å². The van der Waals surface area contributed by atoms with Crippen LogP contribution in [0.25, 0.3) is 0 Å². The maximum absolute atomic E-state index is 5.98. The standard InChI is InChI=1S/C14H28N2O/c1-5-14(4)10-15-11(2)8-16(14)9-13-7-6-12(3)17-13/h11-13,15H,5-10H2,1-4H3. The molecule has 4 unspecified atom stereocenters. The summed E-state index contributed by atoms with van der Waals surface area (Å²) < 4.78 is 5.98. The second-order valence-electron chi connectivity index (χ2n) is 6.18. The Morgan fingerprint density at radius 3 is 2.71 bits per heavy atom. The lowest BCUT2D eigenvalue weighted by molar-refractivity contribution is -0.0169. The number of hydrogen-bond acceptors (Lipinski definition) is 3. The number of rotatable bonds is 3. The number of ether oxygens (including phenoxy) is 1. The molecule has 100 valence electrons. The van der Waals surface area contributed by atoms with Crippen molar-refractivity contribution >= 4 is 0 Å². The number of nitrogens with one attached hydrogen (secondary N) is 1. The second kappa shape index (κ2) is 5.25. The first-order chi connectivity index (χ1) is 8.03. The Balaban J connectivity index is 1.95. The van der Waals surface area contributed by atoms with Gasteiger partial charge in [0.05, 0.1) is 12.2 Å². The maximum atomic E-state index is 5.98. The Hall–Kier alpha value is -0.120. The normalized spacial score (nSPS) is 44.1. The molecule has 2 heterocycles. The summed E-state index contributed by atoms with van der Waals surface area (Å²) >= 11 is 0. The quantitative estimate of drug-likeness (QED) is 0.817. The van der Waals surface area contributed by atoms with Gasteiger partial charge in [0.2, 0.25) is 0 Å². The Morgan fingerprint density at radius 1 is 1.35 bits per heavy atom. The molecule has 0 spiro atoms. The van der Waals surface area contributed by atoms with Crippen LogP contribution in [0.3, 0.4) is 0 Å². The van der Waals surface area contributed by atoms with Crippen LogP contribution in [0.15, 0.2) is 0 Å². The molecule has 3 heteroatoms. The highest BCUT2D eigenvalue weighted by Crippen LogP contribution is 2.27. The van der Waals surface area contributed by atoms with Crippen molar-refractivity contribution in [1.29, 1.82) is 0 Å². The fraction of sp³-hybridized carbons (Fsp3) is 1.00. The number of nitrogens with zero attached hydrogens (tertiary/aromatic N) is 1. The van der Waals surface area contributed by atoms with E-state index in [0.29, 0.717) is 23.8 Å². The highest BCUT2D eigenvalue weighted by Gasteiger charge is 2.37. The van der Waals surface area contributed by atoms with Crippen molar-refractivity contribution in [3.8, 4) is 0 Å². The van der Waals surface area contributed by atoms with E-state index in [4.69, 9.17) is 4.74 Å². The lowest BCUT2D eigenvalue weighted by Gasteiger charge is -2.48. The molecule has 4 atom stereocenters. The van der Waals surface area contributed by atoms with Crippen molar-refractivity contribution in [3.63, 3.8) is 0 Å². The molecule has 0 bridgehead atoms. The summed E-state index contributed by atoms with van der Waals surface area (Å²) in [6.45, 7) is 12.5. The number of hydrogen-bond donors (Lipinski definition) is 1. The summed E-state index contributed by atoms with van der Waals surface area (Å²) in [4.78, 5) is 2.65. The van der Waals surface area contributed by atoms with Gasteiger partial charge < -0.3 is 10.1 Å². The van der Waals surface area contributed by atoms with Crippen LogP contribution in [0.5, 0.6) is 0 Å². The van der Waals surface area contributed by atoms with E-state index in [2.05, 4.69) is 37.9 Å². The second-order valence-corrected chi connectivity index (χ2v) is 6.18. The van der Waals surface area contributed by atoms with Crippen molar-refractivity contribution < 1.29 is 4.74 Å². The summed E-state index contributed by atoms with van der Waals surface area (Å²) in [5.41, 5.74) is 0.307. The minimum Gasteiger partial charge on any atom is -0.374 e. The molecule has 0 aromatic carbocycles. The van der Waals surface area contributed by atoms with Crippen LogP contribution in [-0.4, -0.2) is 48.3 Å². The molecule has 2 fully saturated rings. The van der Waals surface area contributed by atoms with Gasteiger partial charge in [-0.3, -0.25) is 4.90 Å². The molecule has 1 N–H and O–H groups in total. The van der Waals surface area contributed by atoms with Crippen LogP contribution in [-0.2, 0) is 4.74 Å². The smallest absolute Gasteiger partial charge is 0.0706 e. The molecule has 2 saturated heterocycles. The van der Waals surface area contributed by atoms with Crippen molar-refractivity contribution in [1.82, 2.24) is 10.2 Å². The van der Waals surface area contributed by atoms with Gasteiger partial charge in [0.25, 0.3) is 0 Å². The molecule has 2 rings (SSSR count). The van der Waals surface area contributed by atoms with Gasteiger partial charge in [-0.2, -0.15) is 0 Å². The Morgan fingerprint density at radius 2 is 2.12 bits per heavy atom. The van der Waals surface area contributed by atoms with E-state index in [9.17, 15) is 0 Å². The SMILES string of the molecule is CCC1(C)CNC(C)CN1CC1CCC(C)O1. The first-order valence-electron chi connectivity index (χ1n) is 7.17. The van der Waals surface area contributed by atoms with Gasteiger partial charge in [0, 0.05) is 31.2 Å². The van der Waals surface area contributed by atoms with Crippen molar-refractivity contribution in [2.45, 2.75) is 70.7 Å². The molecule has 0 aromatic rings. The summed E-state index contributed by atoms with van der Waals surface area (Å²) in [7, 11) is 0. The molecule has 0 saturated carbocycles. The van der Waals surface area contributed by atoms with Gasteiger partial charge in [-0.15, -0.1) is 0 Å². The monoisotopic (exact) mass is 240 g/mol. The van der Waals surface area contributed by atoms with Crippen LogP contribution in [0.1, 0.15) is 47.0 Å². The zero-order valence-corrected chi connectivity index (χ0v) is 11.8. The molecule has 17 heavy (non-hydrogen) atoms. The first kappa shape index (κ1) is 13.3. The van der Waals surface area contributed by atoms with Gasteiger partial charge >= 0.3 is 0 Å². The van der Waals surface area contributed by atoms with Gasteiger partial charge in [0.1, 0.15) is 0 Å². The molecular weight excluding hydrogens is 212 g/mol. The summed E-state index contributed by atoms with van der Waals surface area (Å²) in [5.74, 6) is 0. The minimum atomic E-state index is 0.307. The third-order valence-corrected chi connectivity index (χ3v) is 4.59. The third kappa shape index (κ3) is 3.01. The van der Waals surface area contributed by atoms with Crippen molar-refractivity contribution in [2.24, 2.45) is 0 Å². The highest BCUT2D eigenvalue weighted by atomic mass is 16.5. The Labute approximate surface area is 106 Å². The zero-order valence-electron chi connectivity index (χ0n) is 11.8. The molecule has 2 aliphatic rings. The molecule has 0 amide bonds. The fourth-order valence-electron chi connectivity index (χ4n) is 3.03. The van der Waals surface area contributed by atoms with Crippen LogP contribution in [0.2, 0.25) is 0 Å². The van der Waals surface area contributed by atoms with Gasteiger partial charge in [-0.1, -0.05) is 6.92 Å². The zero-order chi connectivity index (χ0) is 12.5. The molecule has 0 aliphatic carbocycles. The predicted octanol–water partition coefficient (Wildman–Crippen LogP) is 2.02. The van der Waals surface area contributed by atoms with E-state index in [-0.39, 0.29) is 0 Å². The Kier molecular flexibility index (Phi) is 4.11. The van der Waals surface area contributed by atoms with Crippen LogP contribution in [0.4, 0.5) is 0 Å². The van der Waals surface area contributed by atoms with E-state index in [1.54, 1.807) is 0 Å².